The number of halogens is 2. The van der Waals surface area contributed by atoms with E-state index in [0.717, 1.165) is 22.3 Å². The Morgan fingerprint density at radius 1 is 0.526 bits per heavy atom. The summed E-state index contributed by atoms with van der Waals surface area (Å²) < 4.78 is 11.6. The molecule has 0 unspecified atom stereocenters. The number of benzene rings is 4. The molecule has 0 heterocycles. The van der Waals surface area contributed by atoms with Gasteiger partial charge in [-0.3, -0.25) is 9.59 Å². The molecule has 0 aromatic heterocycles. The summed E-state index contributed by atoms with van der Waals surface area (Å²) in [5.41, 5.74) is 4.09. The third-order valence-corrected chi connectivity index (χ3v) is 6.13. The molecule has 0 aliphatic heterocycles. The van der Waals surface area contributed by atoms with Crippen LogP contribution in [0, 0.1) is 0 Å². The van der Waals surface area contributed by atoms with Gasteiger partial charge in [-0.1, -0.05) is 71.7 Å². The summed E-state index contributed by atoms with van der Waals surface area (Å²) in [6.45, 7) is 0.823. The lowest BCUT2D eigenvalue weighted by Crippen LogP contribution is -1.96. The summed E-state index contributed by atoms with van der Waals surface area (Å²) in [6, 6.07) is 29.5. The van der Waals surface area contributed by atoms with E-state index < -0.39 is 0 Å². The number of allylic oxidation sites excluding steroid dienone is 2. The van der Waals surface area contributed by atoms with Crippen molar-refractivity contribution >= 4 is 47.9 Å². The molecule has 4 aromatic rings. The minimum Gasteiger partial charge on any atom is -0.489 e. The second kappa shape index (κ2) is 13.4. The first-order valence-electron chi connectivity index (χ1n) is 11.8. The highest BCUT2D eigenvalue weighted by Gasteiger charge is 2.06. The Kier molecular flexibility index (Phi) is 9.52. The van der Waals surface area contributed by atoms with Crippen molar-refractivity contribution in [1.82, 2.24) is 0 Å². The number of carbonyl (C=O) groups is 2. The number of aldehydes is 2. The van der Waals surface area contributed by atoms with Crippen molar-refractivity contribution in [2.24, 2.45) is 0 Å². The highest BCUT2D eigenvalue weighted by atomic mass is 35.5. The average Bonchev–Trinajstić information content (AvgIpc) is 2.95. The first kappa shape index (κ1) is 26.9. The van der Waals surface area contributed by atoms with Gasteiger partial charge in [-0.2, -0.15) is 0 Å². The monoisotopic (exact) mass is 542 g/mol. The predicted octanol–water partition coefficient (Wildman–Crippen LogP) is 8.02. The quantitative estimate of drug-likeness (QED) is 0.109. The minimum absolute atomic E-state index is 0.276. The predicted molar refractivity (Wildman–Crippen MR) is 153 cm³/mol. The van der Waals surface area contributed by atoms with E-state index >= 15 is 0 Å². The van der Waals surface area contributed by atoms with Gasteiger partial charge in [-0.15, -0.1) is 0 Å². The molecule has 0 spiro atoms. The number of ether oxygens (including phenoxy) is 2. The first-order chi connectivity index (χ1) is 18.5. The van der Waals surface area contributed by atoms with Gasteiger partial charge in [0.25, 0.3) is 0 Å². The number of hydrogen-bond acceptors (Lipinski definition) is 4. The molecular formula is C32H24Cl2O4. The Balaban J connectivity index is 1.39. The maximum Gasteiger partial charge on any atom is 0.150 e. The molecule has 0 saturated carbocycles. The topological polar surface area (TPSA) is 52.6 Å². The Morgan fingerprint density at radius 2 is 0.868 bits per heavy atom. The van der Waals surface area contributed by atoms with E-state index in [1.807, 2.05) is 97.1 Å². The molecule has 0 bridgehead atoms. The summed E-state index contributed by atoms with van der Waals surface area (Å²) in [7, 11) is 0. The van der Waals surface area contributed by atoms with Crippen LogP contribution in [-0.4, -0.2) is 12.6 Å². The molecule has 0 atom stereocenters. The van der Waals surface area contributed by atoms with E-state index in [9.17, 15) is 9.59 Å². The molecule has 190 valence electrons. The maximum atomic E-state index is 11.8. The molecule has 4 rings (SSSR count). The van der Waals surface area contributed by atoms with Crippen LogP contribution in [0.15, 0.2) is 108 Å². The molecular weight excluding hydrogens is 519 g/mol. The fraction of sp³-hybridized carbons (Fsp3) is 0.0625. The lowest BCUT2D eigenvalue weighted by atomic mass is 10.0. The van der Waals surface area contributed by atoms with Gasteiger partial charge >= 0.3 is 0 Å². The highest BCUT2D eigenvalue weighted by Crippen LogP contribution is 2.21. The van der Waals surface area contributed by atoms with E-state index in [0.29, 0.717) is 47.3 Å². The van der Waals surface area contributed by atoms with E-state index in [-0.39, 0.29) is 11.1 Å². The van der Waals surface area contributed by atoms with Crippen LogP contribution in [0.25, 0.3) is 12.2 Å². The van der Waals surface area contributed by atoms with Crippen LogP contribution >= 0.6 is 23.2 Å². The molecule has 0 N–H and O–H groups in total. The summed E-state index contributed by atoms with van der Waals surface area (Å²) in [6.07, 6.45) is 4.68. The van der Waals surface area contributed by atoms with Gasteiger partial charge in [0.15, 0.2) is 12.6 Å². The molecule has 0 aliphatic rings. The van der Waals surface area contributed by atoms with Crippen LogP contribution in [0.1, 0.15) is 22.3 Å². The minimum atomic E-state index is 0.276. The molecule has 6 heteroatoms. The summed E-state index contributed by atoms with van der Waals surface area (Å²) in [4.78, 5) is 23.6. The van der Waals surface area contributed by atoms with Gasteiger partial charge in [-0.25, -0.2) is 0 Å². The molecule has 0 radical (unpaired) electrons. The molecule has 0 amide bonds. The van der Waals surface area contributed by atoms with Gasteiger partial charge in [0.1, 0.15) is 24.7 Å². The van der Waals surface area contributed by atoms with E-state index in [4.69, 9.17) is 32.7 Å². The van der Waals surface area contributed by atoms with Crippen molar-refractivity contribution < 1.29 is 19.1 Å². The number of rotatable bonds is 11. The van der Waals surface area contributed by atoms with Gasteiger partial charge in [0, 0.05) is 21.2 Å². The molecule has 0 aliphatic carbocycles. The third-order valence-electron chi connectivity index (χ3n) is 5.63. The van der Waals surface area contributed by atoms with Crippen molar-refractivity contribution in [3.63, 3.8) is 0 Å². The van der Waals surface area contributed by atoms with Crippen LogP contribution in [0.3, 0.4) is 0 Å². The van der Waals surface area contributed by atoms with Crippen LogP contribution in [0.2, 0.25) is 10.0 Å². The third kappa shape index (κ3) is 7.94. The van der Waals surface area contributed by atoms with Crippen LogP contribution in [0.4, 0.5) is 0 Å². The van der Waals surface area contributed by atoms with Gasteiger partial charge in [-0.05, 0) is 82.9 Å². The van der Waals surface area contributed by atoms with Crippen LogP contribution in [0.5, 0.6) is 11.5 Å². The maximum absolute atomic E-state index is 11.8. The lowest BCUT2D eigenvalue weighted by Gasteiger charge is -2.08. The van der Waals surface area contributed by atoms with Crippen molar-refractivity contribution in [3.05, 3.63) is 141 Å². The van der Waals surface area contributed by atoms with E-state index in [1.54, 1.807) is 12.2 Å². The molecule has 0 fully saturated rings. The summed E-state index contributed by atoms with van der Waals surface area (Å²) in [5, 5.41) is 1.35. The van der Waals surface area contributed by atoms with Crippen LogP contribution < -0.4 is 9.47 Å². The Bertz CT molecular complexity index is 1310. The fourth-order valence-electron chi connectivity index (χ4n) is 3.55. The Morgan fingerprint density at radius 3 is 1.18 bits per heavy atom. The van der Waals surface area contributed by atoms with Crippen molar-refractivity contribution in [2.45, 2.75) is 13.2 Å². The van der Waals surface area contributed by atoms with Gasteiger partial charge in [0.2, 0.25) is 0 Å². The Labute approximate surface area is 231 Å². The van der Waals surface area contributed by atoms with Crippen molar-refractivity contribution in [3.8, 4) is 11.5 Å². The summed E-state index contributed by atoms with van der Waals surface area (Å²) >= 11 is 11.8. The largest absolute Gasteiger partial charge is 0.489 e. The fourth-order valence-corrected chi connectivity index (χ4v) is 3.80. The normalized spacial score (nSPS) is 11.6. The highest BCUT2D eigenvalue weighted by molar-refractivity contribution is 6.30. The van der Waals surface area contributed by atoms with Crippen LogP contribution in [-0.2, 0) is 22.8 Å². The smallest absolute Gasteiger partial charge is 0.150 e. The second-order valence-electron chi connectivity index (χ2n) is 8.40. The van der Waals surface area contributed by atoms with E-state index in [1.165, 1.54) is 0 Å². The lowest BCUT2D eigenvalue weighted by molar-refractivity contribution is -0.107. The second-order valence-corrected chi connectivity index (χ2v) is 9.28. The molecule has 4 aromatic carbocycles. The number of hydrogen-bond donors (Lipinski definition) is 0. The van der Waals surface area contributed by atoms with Crippen molar-refractivity contribution in [2.75, 3.05) is 0 Å². The average molecular weight is 543 g/mol. The summed E-state index contributed by atoms with van der Waals surface area (Å²) in [5.74, 6) is 1.38. The molecule has 0 saturated heterocycles. The zero-order valence-corrected chi connectivity index (χ0v) is 21.9. The first-order valence-corrected chi connectivity index (χ1v) is 12.6. The van der Waals surface area contributed by atoms with Gasteiger partial charge in [0.05, 0.1) is 0 Å². The number of carbonyl (C=O) groups excluding carboxylic acids is 2. The van der Waals surface area contributed by atoms with Crippen molar-refractivity contribution in [1.29, 1.82) is 0 Å². The molecule has 4 nitrogen and oxygen atoms in total. The zero-order valence-electron chi connectivity index (χ0n) is 20.4. The van der Waals surface area contributed by atoms with E-state index in [2.05, 4.69) is 0 Å². The Hall–Kier alpha value is -4.12. The molecule has 38 heavy (non-hydrogen) atoms. The van der Waals surface area contributed by atoms with Gasteiger partial charge < -0.3 is 9.47 Å². The SMILES string of the molecule is O=CC(=C\c1ccc(OCc2ccc(Cl)cc2)cc1)/C(C=O)=C/c1ccc(OCc2ccc(Cl)cc2)cc1. The standard InChI is InChI=1S/C32H24Cl2O4/c33-29-9-1-25(2-10-29)21-37-31-13-5-23(6-14-31)17-27(19-35)28(20-36)18-24-7-15-32(16-8-24)38-22-26-3-11-30(34)12-4-26/h1-20H,21-22H2/b27-17+,28-18+. The zero-order chi connectivity index (χ0) is 26.7.